The van der Waals surface area contributed by atoms with Crippen LogP contribution < -0.4 is 0 Å². The number of aromatic amines is 2. The van der Waals surface area contributed by atoms with Crippen molar-refractivity contribution in [2.75, 3.05) is 0 Å². The van der Waals surface area contributed by atoms with Crippen molar-refractivity contribution >= 4 is 21.9 Å². The van der Waals surface area contributed by atoms with E-state index in [1.54, 1.807) is 24.5 Å². The molecule has 2 N–H and O–H groups in total. The van der Waals surface area contributed by atoms with E-state index in [4.69, 9.17) is 4.98 Å². The van der Waals surface area contributed by atoms with Crippen LogP contribution in [0.4, 0.5) is 4.39 Å². The van der Waals surface area contributed by atoms with Gasteiger partial charge < -0.3 is 4.98 Å². The molecule has 0 unspecified atom stereocenters. The number of nitrogens with one attached hydrogen (secondary N) is 2. The molecule has 6 aromatic rings. The lowest BCUT2D eigenvalue weighted by Gasteiger charge is -2.03. The van der Waals surface area contributed by atoms with Crippen LogP contribution in [0.15, 0.2) is 85.2 Å². The van der Waals surface area contributed by atoms with Gasteiger partial charge in [0.2, 0.25) is 0 Å². The van der Waals surface area contributed by atoms with Gasteiger partial charge in [-0.05, 0) is 59.7 Å². The van der Waals surface area contributed by atoms with Gasteiger partial charge in [0.05, 0.1) is 16.9 Å². The van der Waals surface area contributed by atoms with Crippen molar-refractivity contribution in [3.05, 3.63) is 91.0 Å². The molecule has 31 heavy (non-hydrogen) atoms. The van der Waals surface area contributed by atoms with E-state index in [1.807, 2.05) is 54.6 Å². The number of pyridine rings is 2. The Morgan fingerprint density at radius 3 is 2.52 bits per heavy atom. The maximum Gasteiger partial charge on any atom is 0.135 e. The number of hydrogen-bond donors (Lipinski definition) is 2. The minimum absolute atomic E-state index is 0.253. The summed E-state index contributed by atoms with van der Waals surface area (Å²) in [5, 5.41) is 8.59. The molecule has 0 bridgehead atoms. The zero-order valence-electron chi connectivity index (χ0n) is 16.3. The zero-order valence-corrected chi connectivity index (χ0v) is 16.3. The molecule has 0 amide bonds. The highest BCUT2D eigenvalue weighted by Gasteiger charge is 2.15. The minimum Gasteiger partial charge on any atom is -0.353 e. The molecule has 0 aliphatic rings. The number of rotatable bonds is 3. The molecule has 0 aliphatic heterocycles. The fraction of sp³-hybridized carbons (Fsp3) is 0. The third-order valence-corrected chi connectivity index (χ3v) is 5.44. The smallest absolute Gasteiger partial charge is 0.135 e. The van der Waals surface area contributed by atoms with Crippen molar-refractivity contribution in [2.45, 2.75) is 0 Å². The molecule has 4 aromatic heterocycles. The summed E-state index contributed by atoms with van der Waals surface area (Å²) in [6.07, 6.45) is 3.51. The normalized spacial score (nSPS) is 11.4. The van der Waals surface area contributed by atoms with E-state index >= 15 is 0 Å². The van der Waals surface area contributed by atoms with Crippen LogP contribution in [-0.4, -0.2) is 25.1 Å². The molecular weight excluding hydrogens is 389 g/mol. The molecule has 2 aromatic carbocycles. The standard InChI is InChI=1S/C25H16FN5/c26-17-4-1-3-16(13-17)18-5-2-6-21-19(18)14-23(28-21)25-24-22(30-31-25)8-7-20(29-24)15-9-11-27-12-10-15/h1-14,28H,(H,30,31). The molecule has 148 valence electrons. The van der Waals surface area contributed by atoms with Crippen molar-refractivity contribution in [2.24, 2.45) is 0 Å². The van der Waals surface area contributed by atoms with E-state index in [0.29, 0.717) is 0 Å². The van der Waals surface area contributed by atoms with Gasteiger partial charge in [-0.1, -0.05) is 24.3 Å². The van der Waals surface area contributed by atoms with Gasteiger partial charge in [0.1, 0.15) is 17.0 Å². The Labute approximate surface area is 176 Å². The first-order valence-electron chi connectivity index (χ1n) is 9.90. The van der Waals surface area contributed by atoms with Crippen LogP contribution in [0.1, 0.15) is 0 Å². The lowest BCUT2D eigenvalue weighted by molar-refractivity contribution is 0.628. The fourth-order valence-electron chi connectivity index (χ4n) is 3.96. The third-order valence-electron chi connectivity index (χ3n) is 5.44. The predicted molar refractivity (Wildman–Crippen MR) is 120 cm³/mol. The van der Waals surface area contributed by atoms with E-state index in [1.165, 1.54) is 6.07 Å². The minimum atomic E-state index is -0.253. The van der Waals surface area contributed by atoms with E-state index in [-0.39, 0.29) is 5.82 Å². The van der Waals surface area contributed by atoms with Gasteiger partial charge in [0.25, 0.3) is 0 Å². The largest absolute Gasteiger partial charge is 0.353 e. The molecule has 0 spiro atoms. The first-order valence-corrected chi connectivity index (χ1v) is 9.90. The third kappa shape index (κ3) is 2.97. The van der Waals surface area contributed by atoms with Crippen molar-refractivity contribution in [3.63, 3.8) is 0 Å². The number of hydrogen-bond acceptors (Lipinski definition) is 3. The first-order chi connectivity index (χ1) is 15.3. The van der Waals surface area contributed by atoms with Crippen LogP contribution in [0.5, 0.6) is 0 Å². The molecule has 0 atom stereocenters. The number of fused-ring (bicyclic) bond motifs is 2. The molecule has 0 saturated carbocycles. The van der Waals surface area contributed by atoms with Gasteiger partial charge in [-0.15, -0.1) is 0 Å². The van der Waals surface area contributed by atoms with E-state index in [2.05, 4.69) is 20.2 Å². The molecule has 0 aliphatic carbocycles. The summed E-state index contributed by atoms with van der Waals surface area (Å²) >= 11 is 0. The second-order valence-corrected chi connectivity index (χ2v) is 7.36. The molecule has 0 saturated heterocycles. The van der Waals surface area contributed by atoms with Crippen LogP contribution in [0.2, 0.25) is 0 Å². The monoisotopic (exact) mass is 405 g/mol. The summed E-state index contributed by atoms with van der Waals surface area (Å²) < 4.78 is 13.8. The molecule has 0 fully saturated rings. The number of benzene rings is 2. The van der Waals surface area contributed by atoms with Gasteiger partial charge in [0.15, 0.2) is 0 Å². The van der Waals surface area contributed by atoms with Gasteiger partial charge in [-0.2, -0.15) is 5.10 Å². The second kappa shape index (κ2) is 6.88. The predicted octanol–water partition coefficient (Wildman–Crippen LogP) is 5.97. The summed E-state index contributed by atoms with van der Waals surface area (Å²) in [5.41, 5.74) is 7.84. The lowest BCUT2D eigenvalue weighted by Crippen LogP contribution is -1.86. The average molecular weight is 405 g/mol. The highest BCUT2D eigenvalue weighted by molar-refractivity contribution is 6.00. The summed E-state index contributed by atoms with van der Waals surface area (Å²) in [5.74, 6) is -0.253. The van der Waals surface area contributed by atoms with Gasteiger partial charge in [0, 0.05) is 28.9 Å². The molecule has 5 nitrogen and oxygen atoms in total. The number of nitrogens with zero attached hydrogens (tertiary/aromatic N) is 3. The molecular formula is C25H16FN5. The van der Waals surface area contributed by atoms with E-state index < -0.39 is 0 Å². The summed E-state index contributed by atoms with van der Waals surface area (Å²) in [7, 11) is 0. The Balaban J connectivity index is 1.52. The van der Waals surface area contributed by atoms with Crippen LogP contribution in [-0.2, 0) is 0 Å². The molecule has 0 radical (unpaired) electrons. The first kappa shape index (κ1) is 17.5. The van der Waals surface area contributed by atoms with Crippen LogP contribution in [0.25, 0.3) is 55.7 Å². The SMILES string of the molecule is Fc1cccc(-c2cccc3[nH]c(-c4n[nH]c5ccc(-c6ccncc6)nc45)cc23)c1. The fourth-order valence-corrected chi connectivity index (χ4v) is 3.96. The molecule has 6 rings (SSSR count). The zero-order chi connectivity index (χ0) is 20.8. The number of aromatic nitrogens is 5. The van der Waals surface area contributed by atoms with Crippen molar-refractivity contribution in [1.29, 1.82) is 0 Å². The van der Waals surface area contributed by atoms with Crippen LogP contribution >= 0.6 is 0 Å². The summed E-state index contributed by atoms with van der Waals surface area (Å²) in [6, 6.07) is 22.5. The quantitative estimate of drug-likeness (QED) is 0.381. The second-order valence-electron chi connectivity index (χ2n) is 7.36. The van der Waals surface area contributed by atoms with Crippen molar-refractivity contribution < 1.29 is 4.39 Å². The van der Waals surface area contributed by atoms with Crippen molar-refractivity contribution in [1.82, 2.24) is 25.1 Å². The van der Waals surface area contributed by atoms with Gasteiger partial charge >= 0.3 is 0 Å². The Morgan fingerprint density at radius 2 is 1.65 bits per heavy atom. The Hall–Kier alpha value is -4.32. The Bertz CT molecular complexity index is 1550. The molecule has 6 heteroatoms. The van der Waals surface area contributed by atoms with Gasteiger partial charge in [-0.3, -0.25) is 10.1 Å². The summed E-state index contributed by atoms with van der Waals surface area (Å²) in [4.78, 5) is 12.4. The highest BCUT2D eigenvalue weighted by atomic mass is 19.1. The lowest BCUT2D eigenvalue weighted by atomic mass is 10.0. The average Bonchev–Trinajstić information content (AvgIpc) is 3.43. The summed E-state index contributed by atoms with van der Waals surface area (Å²) in [6.45, 7) is 0. The maximum atomic E-state index is 13.8. The Morgan fingerprint density at radius 1 is 0.774 bits per heavy atom. The number of halogens is 1. The van der Waals surface area contributed by atoms with Gasteiger partial charge in [-0.25, -0.2) is 9.37 Å². The topological polar surface area (TPSA) is 70.2 Å². The van der Waals surface area contributed by atoms with Crippen LogP contribution in [0.3, 0.4) is 0 Å². The van der Waals surface area contributed by atoms with Crippen LogP contribution in [0, 0.1) is 5.82 Å². The maximum absolute atomic E-state index is 13.8. The van der Waals surface area contributed by atoms with Crippen molar-refractivity contribution in [3.8, 4) is 33.8 Å². The van der Waals surface area contributed by atoms with E-state index in [9.17, 15) is 4.39 Å². The number of H-pyrrole nitrogens is 2. The highest BCUT2D eigenvalue weighted by Crippen LogP contribution is 2.34. The van der Waals surface area contributed by atoms with E-state index in [0.717, 1.165) is 55.7 Å². The Kier molecular flexibility index (Phi) is 3.89. The molecule has 4 heterocycles.